The summed E-state index contributed by atoms with van der Waals surface area (Å²) in [6.45, 7) is 4.83. The van der Waals surface area contributed by atoms with Gasteiger partial charge >= 0.3 is 5.97 Å². The number of thiophene rings is 1. The quantitative estimate of drug-likeness (QED) is 0.464. The van der Waals surface area contributed by atoms with Crippen LogP contribution in [0.3, 0.4) is 0 Å². The summed E-state index contributed by atoms with van der Waals surface area (Å²) in [5.74, 6) is -3.48. The zero-order chi connectivity index (χ0) is 28.5. The number of alkyl halides is 3. The molecule has 0 amide bonds. The van der Waals surface area contributed by atoms with Crippen LogP contribution in [0.1, 0.15) is 50.4 Å². The number of hydrogen-bond donors (Lipinski definition) is 1. The van der Waals surface area contributed by atoms with Crippen molar-refractivity contribution in [3.63, 3.8) is 0 Å². The summed E-state index contributed by atoms with van der Waals surface area (Å²) in [4.78, 5) is 39.3. The number of aliphatic hydroxyl groups is 1. The Morgan fingerprint density at radius 2 is 1.95 bits per heavy atom. The average Bonchev–Trinajstić information content (AvgIpc) is 3.44. The fourth-order valence-electron chi connectivity index (χ4n) is 8.17. The molecule has 1 heterocycles. The number of hydrogen-bond acceptors (Lipinski definition) is 8. The molecule has 5 unspecified atom stereocenters. The van der Waals surface area contributed by atoms with Gasteiger partial charge in [0.2, 0.25) is 5.12 Å². The summed E-state index contributed by atoms with van der Waals surface area (Å²) in [5.41, 5.74) is -7.10. The van der Waals surface area contributed by atoms with Crippen molar-refractivity contribution in [3.8, 4) is 5.75 Å². The van der Waals surface area contributed by atoms with E-state index in [-0.39, 0.29) is 36.1 Å². The van der Waals surface area contributed by atoms with Crippen molar-refractivity contribution in [1.82, 2.24) is 0 Å². The molecule has 0 aromatic carbocycles. The minimum atomic E-state index is -2.35. The van der Waals surface area contributed by atoms with Crippen LogP contribution in [0.5, 0.6) is 5.75 Å². The number of esters is 1. The van der Waals surface area contributed by atoms with Crippen LogP contribution >= 0.6 is 23.1 Å². The van der Waals surface area contributed by atoms with Gasteiger partial charge in [-0.15, -0.1) is 11.3 Å². The van der Waals surface area contributed by atoms with Gasteiger partial charge in [-0.3, -0.25) is 9.59 Å². The molecule has 0 bridgehead atoms. The largest absolute Gasteiger partial charge is 0.495 e. The number of carbonyl (C=O) groups excluding carboxylic acids is 3. The molecule has 1 N–H and O–H groups in total. The summed E-state index contributed by atoms with van der Waals surface area (Å²) < 4.78 is 58.1. The van der Waals surface area contributed by atoms with Gasteiger partial charge in [-0.2, -0.15) is 0 Å². The Morgan fingerprint density at radius 1 is 1.23 bits per heavy atom. The molecule has 0 aliphatic heterocycles. The molecule has 1 aromatic rings. The molecule has 212 valence electrons. The summed E-state index contributed by atoms with van der Waals surface area (Å²) >= 11 is 1.56. The van der Waals surface area contributed by atoms with Crippen molar-refractivity contribution in [2.75, 3.05) is 13.1 Å². The van der Waals surface area contributed by atoms with Crippen molar-refractivity contribution < 1.29 is 42.1 Å². The molecule has 11 heteroatoms. The number of carbonyl (C=O) groups is 3. The maximum absolute atomic E-state index is 17.5. The molecule has 9 atom stereocenters. The van der Waals surface area contributed by atoms with Gasteiger partial charge in [-0.05, 0) is 61.6 Å². The summed E-state index contributed by atoms with van der Waals surface area (Å²) in [5, 5.41) is 14.0. The maximum Gasteiger partial charge on any atom is 0.343 e. The first-order valence-electron chi connectivity index (χ1n) is 12.8. The van der Waals surface area contributed by atoms with E-state index in [1.807, 2.05) is 0 Å². The van der Waals surface area contributed by atoms with Gasteiger partial charge in [-0.25, -0.2) is 18.0 Å². The molecule has 3 fully saturated rings. The van der Waals surface area contributed by atoms with Crippen LogP contribution in [-0.4, -0.2) is 58.6 Å². The number of aliphatic hydroxyl groups excluding tert-OH is 1. The lowest BCUT2D eigenvalue weighted by molar-refractivity contribution is -0.221. The van der Waals surface area contributed by atoms with Crippen LogP contribution in [0.2, 0.25) is 0 Å². The molecule has 0 radical (unpaired) electrons. The number of halogens is 3. The summed E-state index contributed by atoms with van der Waals surface area (Å²) in [6.07, 6.45) is -0.0961. The highest BCUT2D eigenvalue weighted by molar-refractivity contribution is 8.13. The number of allylic oxidation sites excluding steroid dienone is 4. The number of thioether (sulfide) groups is 1. The molecule has 0 saturated heterocycles. The Kier molecular flexibility index (Phi) is 6.91. The van der Waals surface area contributed by atoms with Crippen LogP contribution in [0.4, 0.5) is 13.2 Å². The van der Waals surface area contributed by atoms with Gasteiger partial charge in [0.05, 0.1) is 13.2 Å². The zero-order valence-corrected chi connectivity index (χ0v) is 23.7. The zero-order valence-electron chi connectivity index (χ0n) is 22.0. The third-order valence-electron chi connectivity index (χ3n) is 9.98. The third-order valence-corrected chi connectivity index (χ3v) is 11.4. The highest BCUT2D eigenvalue weighted by atomic mass is 32.2. The molecular formula is C28H31F3O6S2. The van der Waals surface area contributed by atoms with Gasteiger partial charge in [-0.1, -0.05) is 19.9 Å². The van der Waals surface area contributed by atoms with Gasteiger partial charge in [0.15, 0.2) is 17.1 Å². The second kappa shape index (κ2) is 9.48. The van der Waals surface area contributed by atoms with Gasteiger partial charge in [0, 0.05) is 33.4 Å². The molecule has 6 nitrogen and oxygen atoms in total. The van der Waals surface area contributed by atoms with Crippen LogP contribution in [0, 0.1) is 28.6 Å². The predicted octanol–water partition coefficient (Wildman–Crippen LogP) is 5.40. The molecule has 0 spiro atoms. The molecule has 1 aromatic heterocycles. The Balaban J connectivity index is 1.63. The van der Waals surface area contributed by atoms with Crippen molar-refractivity contribution in [1.29, 1.82) is 0 Å². The SMILES string of the molecule is COc1cscc1C(=O)OC1(C(=O)SCF)C(C)C[C@H]2[C@@H]3CC(F)C4=CC(=O)C=C[C@]4(C)C3(F)C(O)C[C@@]21C. The number of ketones is 1. The summed E-state index contributed by atoms with van der Waals surface area (Å²) in [7, 11) is 1.39. The van der Waals surface area contributed by atoms with E-state index in [1.165, 1.54) is 42.9 Å². The molecule has 39 heavy (non-hydrogen) atoms. The highest BCUT2D eigenvalue weighted by Crippen LogP contribution is 2.72. The number of fused-ring (bicyclic) bond motifs is 5. The maximum atomic E-state index is 17.5. The molecule has 4 aliphatic rings. The first kappa shape index (κ1) is 28.4. The van der Waals surface area contributed by atoms with E-state index in [9.17, 15) is 23.9 Å². The van der Waals surface area contributed by atoms with E-state index >= 15 is 8.78 Å². The van der Waals surface area contributed by atoms with Crippen molar-refractivity contribution >= 4 is 40.0 Å². The smallest absolute Gasteiger partial charge is 0.343 e. The van der Waals surface area contributed by atoms with Gasteiger partial charge < -0.3 is 14.6 Å². The molecule has 3 saturated carbocycles. The Labute approximate surface area is 233 Å². The van der Waals surface area contributed by atoms with Crippen molar-refractivity contribution in [2.45, 2.75) is 63.6 Å². The normalized spacial score (nSPS) is 42.7. The third kappa shape index (κ3) is 3.61. The minimum absolute atomic E-state index is 0.00578. The second-order valence-electron chi connectivity index (χ2n) is 11.5. The first-order valence-corrected chi connectivity index (χ1v) is 14.8. The average molecular weight is 585 g/mol. The first-order chi connectivity index (χ1) is 18.3. The van der Waals surface area contributed by atoms with E-state index in [2.05, 4.69) is 0 Å². The standard InChI is InChI=1S/C28H31F3O6S2/c1-14-7-17-18-9-20(30)19-8-15(32)5-6-25(19,2)27(18,31)22(33)10-26(17,3)28(14,24(35)39-13-29)37-23(34)16-11-38-12-21(16)36-4/h5-6,8,11-12,14,17-18,20,22,33H,7,9-10,13H2,1-4H3/t14?,17-,18-,20?,22?,25-,26-,27?,28?/m0/s1. The Bertz CT molecular complexity index is 1280. The predicted molar refractivity (Wildman–Crippen MR) is 141 cm³/mol. The second-order valence-corrected chi connectivity index (χ2v) is 13.1. The van der Waals surface area contributed by atoms with Crippen LogP contribution in [0.25, 0.3) is 0 Å². The molecular weight excluding hydrogens is 553 g/mol. The molecule has 4 aliphatic carbocycles. The monoisotopic (exact) mass is 584 g/mol. The Morgan fingerprint density at radius 3 is 2.62 bits per heavy atom. The Hall–Kier alpha value is -2.11. The van der Waals surface area contributed by atoms with E-state index in [4.69, 9.17) is 9.47 Å². The fourth-order valence-corrected chi connectivity index (χ4v) is 9.72. The van der Waals surface area contributed by atoms with Crippen molar-refractivity contribution in [3.05, 3.63) is 40.1 Å². The highest BCUT2D eigenvalue weighted by Gasteiger charge is 2.78. The topological polar surface area (TPSA) is 89.9 Å². The van der Waals surface area contributed by atoms with Crippen molar-refractivity contribution in [2.24, 2.45) is 28.6 Å². The van der Waals surface area contributed by atoms with Gasteiger partial charge in [0.1, 0.15) is 23.5 Å². The number of methoxy groups -OCH3 is 1. The number of rotatable bonds is 5. The van der Waals surface area contributed by atoms with Crippen LogP contribution < -0.4 is 4.74 Å². The van der Waals surface area contributed by atoms with E-state index in [0.29, 0.717) is 11.8 Å². The van der Waals surface area contributed by atoms with E-state index in [0.717, 1.165) is 6.08 Å². The van der Waals surface area contributed by atoms with Crippen LogP contribution in [0.15, 0.2) is 34.6 Å². The lowest BCUT2D eigenvalue weighted by Crippen LogP contribution is -2.70. The molecule has 5 rings (SSSR count). The lowest BCUT2D eigenvalue weighted by atomic mass is 9.44. The van der Waals surface area contributed by atoms with E-state index in [1.54, 1.807) is 19.2 Å². The minimum Gasteiger partial charge on any atom is -0.495 e. The number of ether oxygens (including phenoxy) is 2. The lowest BCUT2D eigenvalue weighted by Gasteiger charge is -2.63. The van der Waals surface area contributed by atoms with E-state index < -0.39 is 75.0 Å². The van der Waals surface area contributed by atoms with Gasteiger partial charge in [0.25, 0.3) is 0 Å². The summed E-state index contributed by atoms with van der Waals surface area (Å²) in [6, 6.07) is -1.07. The fraction of sp³-hybridized carbons (Fsp3) is 0.607. The van der Waals surface area contributed by atoms with Crippen LogP contribution in [-0.2, 0) is 14.3 Å².